The third kappa shape index (κ3) is 5.12. The fourth-order valence-electron chi connectivity index (χ4n) is 4.43. The largest absolute Gasteiger partial charge is 0.433 e. The highest BCUT2D eigenvalue weighted by Crippen LogP contribution is 2.30. The van der Waals surface area contributed by atoms with Crippen LogP contribution in [0, 0.1) is 13.8 Å². The second kappa shape index (κ2) is 9.75. The van der Waals surface area contributed by atoms with Crippen LogP contribution in [0.4, 0.5) is 11.8 Å². The molecule has 5 rings (SSSR count). The number of anilines is 2. The minimum Gasteiger partial charge on any atom is -0.433 e. The summed E-state index contributed by atoms with van der Waals surface area (Å²) in [7, 11) is 2.15. The van der Waals surface area contributed by atoms with E-state index in [0.717, 1.165) is 42.6 Å². The Kier molecular flexibility index (Phi) is 6.37. The second-order valence-electron chi connectivity index (χ2n) is 9.02. The molecule has 0 aliphatic carbocycles. The van der Waals surface area contributed by atoms with Gasteiger partial charge in [-0.1, -0.05) is 0 Å². The maximum Gasteiger partial charge on any atom is 0.294 e. The van der Waals surface area contributed by atoms with E-state index >= 15 is 0 Å². The van der Waals surface area contributed by atoms with Crippen molar-refractivity contribution in [1.82, 2.24) is 29.6 Å². The van der Waals surface area contributed by atoms with Gasteiger partial charge < -0.3 is 25.1 Å². The molecule has 4 aromatic rings. The zero-order chi connectivity index (χ0) is 24.4. The first kappa shape index (κ1) is 22.9. The van der Waals surface area contributed by atoms with E-state index in [-0.39, 0.29) is 11.7 Å². The Hall–Kier alpha value is -3.92. The van der Waals surface area contributed by atoms with E-state index in [1.807, 2.05) is 10.9 Å². The van der Waals surface area contributed by atoms with Gasteiger partial charge in [0.25, 0.3) is 11.9 Å². The molecule has 0 saturated carbocycles. The summed E-state index contributed by atoms with van der Waals surface area (Å²) < 4.78 is 13.3. The van der Waals surface area contributed by atoms with Gasteiger partial charge in [0, 0.05) is 12.1 Å². The summed E-state index contributed by atoms with van der Waals surface area (Å²) in [5.41, 5.74) is 11.2. The first-order chi connectivity index (χ1) is 17.0. The third-order valence-electron chi connectivity index (χ3n) is 6.46. The number of hydrogen-bond acceptors (Lipinski definition) is 9. The molecule has 4 heterocycles. The number of likely N-dealkylation sites (tertiary alicyclic amines) is 1. The molecule has 182 valence electrons. The van der Waals surface area contributed by atoms with Gasteiger partial charge in [-0.15, -0.1) is 0 Å². The maximum absolute atomic E-state index is 6.10. The molecular formula is C25H30N8O2. The summed E-state index contributed by atoms with van der Waals surface area (Å²) in [6.45, 7) is 6.88. The third-order valence-corrected chi connectivity index (χ3v) is 6.46. The van der Waals surface area contributed by atoms with Gasteiger partial charge in [0.05, 0.1) is 36.5 Å². The molecule has 0 bridgehead atoms. The number of hydrogen-bond donors (Lipinski definition) is 2. The van der Waals surface area contributed by atoms with E-state index in [9.17, 15) is 0 Å². The molecule has 0 radical (unpaired) electrons. The Morgan fingerprint density at radius 1 is 1.14 bits per heavy atom. The van der Waals surface area contributed by atoms with Crippen LogP contribution in [0.5, 0.6) is 11.6 Å². The van der Waals surface area contributed by atoms with Crippen LogP contribution in [0.1, 0.15) is 35.6 Å². The van der Waals surface area contributed by atoms with Crippen molar-refractivity contribution < 1.29 is 9.15 Å². The molecule has 1 aliphatic heterocycles. The molecule has 3 N–H and O–H groups in total. The van der Waals surface area contributed by atoms with Crippen molar-refractivity contribution in [1.29, 1.82) is 0 Å². The fourth-order valence-corrected chi connectivity index (χ4v) is 4.43. The van der Waals surface area contributed by atoms with Crippen LogP contribution in [-0.4, -0.2) is 49.8 Å². The molecular weight excluding hydrogens is 444 g/mol. The van der Waals surface area contributed by atoms with E-state index in [1.165, 1.54) is 5.56 Å². The van der Waals surface area contributed by atoms with Gasteiger partial charge in [-0.25, -0.2) is 15.0 Å². The van der Waals surface area contributed by atoms with Gasteiger partial charge in [-0.3, -0.25) is 4.68 Å². The van der Waals surface area contributed by atoms with Gasteiger partial charge in [0.1, 0.15) is 6.26 Å². The number of rotatable bonds is 7. The zero-order valence-corrected chi connectivity index (χ0v) is 20.2. The average Bonchev–Trinajstić information content (AvgIpc) is 3.53. The van der Waals surface area contributed by atoms with Gasteiger partial charge in [-0.05, 0) is 75.6 Å². The SMILES string of the molecule is Cc1cc(-c2cnc(N)c(Oc3cnn(C4CCN(C)CC4)c3)n2)cc(C)c1CNc1ncco1. The maximum atomic E-state index is 6.10. The Labute approximate surface area is 204 Å². The van der Waals surface area contributed by atoms with Gasteiger partial charge in [-0.2, -0.15) is 5.10 Å². The smallest absolute Gasteiger partial charge is 0.294 e. The number of aromatic nitrogens is 5. The molecule has 0 atom stereocenters. The topological polar surface area (TPSA) is 120 Å². The molecule has 1 aliphatic rings. The quantitative estimate of drug-likeness (QED) is 0.406. The Morgan fingerprint density at radius 2 is 1.91 bits per heavy atom. The Morgan fingerprint density at radius 3 is 2.63 bits per heavy atom. The fraction of sp³-hybridized carbons (Fsp3) is 0.360. The number of nitrogens with two attached hydrogens (primary N) is 1. The predicted octanol–water partition coefficient (Wildman–Crippen LogP) is 4.20. The van der Waals surface area contributed by atoms with Crippen LogP contribution < -0.4 is 15.8 Å². The van der Waals surface area contributed by atoms with Crippen molar-refractivity contribution in [2.24, 2.45) is 0 Å². The van der Waals surface area contributed by atoms with E-state index in [2.05, 4.69) is 63.3 Å². The standard InChI is InChI=1S/C25H30N8O2/c1-16-10-18(11-17(2)21(16)13-29-25-27-6-9-34-25)22-14-28-23(26)24(31-22)35-20-12-30-33(15-20)19-4-7-32(3)8-5-19/h6,9-12,14-15,19H,4-5,7-8,13H2,1-3H3,(H2,26,28)(H,27,29). The van der Waals surface area contributed by atoms with Crippen molar-refractivity contribution in [3.8, 4) is 22.9 Å². The summed E-state index contributed by atoms with van der Waals surface area (Å²) in [4.78, 5) is 15.5. The van der Waals surface area contributed by atoms with E-state index in [0.29, 0.717) is 30.0 Å². The number of ether oxygens (including phenoxy) is 1. The molecule has 35 heavy (non-hydrogen) atoms. The van der Waals surface area contributed by atoms with Crippen molar-refractivity contribution in [2.75, 3.05) is 31.2 Å². The molecule has 0 unspecified atom stereocenters. The highest BCUT2D eigenvalue weighted by atomic mass is 16.5. The number of benzene rings is 1. The van der Waals surface area contributed by atoms with Crippen LogP contribution in [0.15, 0.2) is 47.6 Å². The molecule has 0 amide bonds. The van der Waals surface area contributed by atoms with Crippen molar-refractivity contribution >= 4 is 11.8 Å². The number of aryl methyl sites for hydroxylation is 2. The average molecular weight is 475 g/mol. The summed E-state index contributed by atoms with van der Waals surface area (Å²) in [5.74, 6) is 1.11. The van der Waals surface area contributed by atoms with Gasteiger partial charge >= 0.3 is 0 Å². The van der Waals surface area contributed by atoms with Crippen molar-refractivity contribution in [2.45, 2.75) is 39.3 Å². The number of nitrogens with one attached hydrogen (secondary N) is 1. The zero-order valence-electron chi connectivity index (χ0n) is 20.2. The highest BCUT2D eigenvalue weighted by Gasteiger charge is 2.20. The van der Waals surface area contributed by atoms with E-state index in [4.69, 9.17) is 14.9 Å². The van der Waals surface area contributed by atoms with Crippen molar-refractivity contribution in [3.05, 3.63) is 59.9 Å². The molecule has 1 saturated heterocycles. The van der Waals surface area contributed by atoms with Crippen LogP contribution in [0.2, 0.25) is 0 Å². The van der Waals surface area contributed by atoms with Gasteiger partial charge in [0.2, 0.25) is 0 Å². The number of oxazole rings is 1. The molecule has 0 spiro atoms. The van der Waals surface area contributed by atoms with Crippen LogP contribution in [-0.2, 0) is 6.54 Å². The minimum atomic E-state index is 0.237. The Bertz CT molecular complexity index is 1270. The van der Waals surface area contributed by atoms with Crippen LogP contribution in [0.25, 0.3) is 11.3 Å². The van der Waals surface area contributed by atoms with E-state index in [1.54, 1.807) is 24.9 Å². The first-order valence-electron chi connectivity index (χ1n) is 11.7. The molecule has 1 fully saturated rings. The highest BCUT2D eigenvalue weighted by molar-refractivity contribution is 5.64. The molecule has 3 aromatic heterocycles. The number of nitrogens with zero attached hydrogens (tertiary/aromatic N) is 6. The lowest BCUT2D eigenvalue weighted by Gasteiger charge is -2.28. The normalized spacial score (nSPS) is 14.8. The summed E-state index contributed by atoms with van der Waals surface area (Å²) >= 11 is 0. The summed E-state index contributed by atoms with van der Waals surface area (Å²) in [6, 6.07) is 5.04. The monoisotopic (exact) mass is 474 g/mol. The van der Waals surface area contributed by atoms with Gasteiger partial charge in [0.15, 0.2) is 11.6 Å². The number of piperidine rings is 1. The molecule has 1 aromatic carbocycles. The lowest BCUT2D eigenvalue weighted by Crippen LogP contribution is -2.31. The summed E-state index contributed by atoms with van der Waals surface area (Å²) in [6.07, 6.45) is 10.6. The second-order valence-corrected chi connectivity index (χ2v) is 9.02. The predicted molar refractivity (Wildman–Crippen MR) is 133 cm³/mol. The molecule has 10 heteroatoms. The summed E-state index contributed by atoms with van der Waals surface area (Å²) in [5, 5.41) is 7.71. The van der Waals surface area contributed by atoms with E-state index < -0.39 is 0 Å². The lowest BCUT2D eigenvalue weighted by atomic mass is 9.98. The molecule has 10 nitrogen and oxygen atoms in total. The van der Waals surface area contributed by atoms with Crippen LogP contribution in [0.3, 0.4) is 0 Å². The van der Waals surface area contributed by atoms with Crippen LogP contribution >= 0.6 is 0 Å². The van der Waals surface area contributed by atoms with Crippen molar-refractivity contribution in [3.63, 3.8) is 0 Å². The lowest BCUT2D eigenvalue weighted by molar-refractivity contribution is 0.212. The Balaban J connectivity index is 1.33. The minimum absolute atomic E-state index is 0.237. The number of nitrogen functional groups attached to an aromatic ring is 1. The first-order valence-corrected chi connectivity index (χ1v) is 11.7.